The van der Waals surface area contributed by atoms with Crippen LogP contribution in [0.3, 0.4) is 0 Å². The third-order valence-electron chi connectivity index (χ3n) is 7.27. The summed E-state index contributed by atoms with van der Waals surface area (Å²) in [7, 11) is 3.24. The van der Waals surface area contributed by atoms with Gasteiger partial charge in [-0.25, -0.2) is 0 Å². The first-order valence-electron chi connectivity index (χ1n) is 13.6. The average Bonchev–Trinajstić information content (AvgIpc) is 2.92. The summed E-state index contributed by atoms with van der Waals surface area (Å²) in [6.45, 7) is 11.8. The Bertz CT molecular complexity index is 1510. The highest BCUT2D eigenvalue weighted by Crippen LogP contribution is 2.40. The highest BCUT2D eigenvalue weighted by molar-refractivity contribution is 6.02. The molecule has 0 saturated heterocycles. The summed E-state index contributed by atoms with van der Waals surface area (Å²) in [5, 5.41) is 5.28. The Balaban J connectivity index is 1.76. The van der Waals surface area contributed by atoms with Crippen LogP contribution in [0.5, 0.6) is 11.5 Å². The van der Waals surface area contributed by atoms with Crippen LogP contribution in [0, 0.1) is 13.8 Å². The van der Waals surface area contributed by atoms with Crippen molar-refractivity contribution in [3.8, 4) is 11.5 Å². The first kappa shape index (κ1) is 28.0. The van der Waals surface area contributed by atoms with E-state index in [2.05, 4.69) is 37.9 Å². The Morgan fingerprint density at radius 1 is 0.974 bits per heavy atom. The normalized spacial score (nSPS) is 11.8. The van der Waals surface area contributed by atoms with Gasteiger partial charge in [-0.3, -0.25) is 9.59 Å². The van der Waals surface area contributed by atoms with E-state index in [0.717, 1.165) is 81.3 Å². The number of aryl methyl sites for hydroxylation is 2. The van der Waals surface area contributed by atoms with E-state index >= 15 is 0 Å². The van der Waals surface area contributed by atoms with Crippen LogP contribution in [0.2, 0.25) is 0 Å². The molecule has 4 rings (SSSR count). The topological polar surface area (TPSA) is 67.9 Å². The fourth-order valence-electron chi connectivity index (χ4n) is 5.00. The van der Waals surface area contributed by atoms with Gasteiger partial charge in [-0.05, 0) is 79.8 Å². The van der Waals surface area contributed by atoms with Crippen molar-refractivity contribution in [2.24, 2.45) is 0 Å². The lowest BCUT2D eigenvalue weighted by molar-refractivity contribution is -0.140. The number of benzene rings is 3. The van der Waals surface area contributed by atoms with Gasteiger partial charge in [0.2, 0.25) is 0 Å². The molecule has 1 N–H and O–H groups in total. The predicted octanol–water partition coefficient (Wildman–Crippen LogP) is 5.30. The average molecular weight is 527 g/mol. The molecule has 0 spiro atoms. The van der Waals surface area contributed by atoms with Crippen molar-refractivity contribution in [3.05, 3.63) is 86.8 Å². The summed E-state index contributed by atoms with van der Waals surface area (Å²) in [6.07, 6.45) is 2.82. The molecule has 0 unspecified atom stereocenters. The zero-order valence-corrected chi connectivity index (χ0v) is 23.6. The second-order valence-corrected chi connectivity index (χ2v) is 10.1. The van der Waals surface area contributed by atoms with Crippen LogP contribution >= 0.6 is 0 Å². The number of unbranched alkanes of at least 4 members (excludes halogenated alkanes) is 2. The zero-order chi connectivity index (χ0) is 28.1. The molecular weight excluding hydrogens is 488 g/mol. The number of nitrogens with one attached hydrogen (secondary N) is 1. The molecule has 1 aliphatic rings. The van der Waals surface area contributed by atoms with E-state index in [9.17, 15) is 9.59 Å². The van der Waals surface area contributed by atoms with E-state index in [4.69, 9.17) is 9.47 Å². The number of nitrogens with zero attached hydrogens (tertiary/aromatic N) is 1. The van der Waals surface area contributed by atoms with E-state index in [-0.39, 0.29) is 11.9 Å². The largest absolute Gasteiger partial charge is 0.469 e. The van der Waals surface area contributed by atoms with E-state index in [0.29, 0.717) is 18.5 Å². The van der Waals surface area contributed by atoms with Gasteiger partial charge in [0, 0.05) is 60.2 Å². The zero-order valence-electron chi connectivity index (χ0n) is 23.6. The molecule has 3 aromatic carbocycles. The summed E-state index contributed by atoms with van der Waals surface area (Å²) < 4.78 is 11.1. The van der Waals surface area contributed by atoms with Crippen molar-refractivity contribution in [2.75, 3.05) is 32.6 Å². The number of anilines is 1. The number of rotatable bonds is 10. The Morgan fingerprint density at radius 3 is 2.49 bits per heavy atom. The van der Waals surface area contributed by atoms with E-state index in [1.165, 1.54) is 7.11 Å². The predicted molar refractivity (Wildman–Crippen MR) is 157 cm³/mol. The molecular formula is C33H38N2O4. The smallest absolute Gasteiger partial charge is 0.305 e. The second-order valence-electron chi connectivity index (χ2n) is 10.1. The molecule has 0 bridgehead atoms. The van der Waals surface area contributed by atoms with Crippen molar-refractivity contribution in [1.29, 1.82) is 0 Å². The molecule has 1 amide bonds. The number of hydrogen-bond acceptors (Lipinski definition) is 5. The second kappa shape index (κ2) is 12.2. The third-order valence-corrected chi connectivity index (χ3v) is 7.27. The minimum absolute atomic E-state index is 0.0350. The number of esters is 1. The molecule has 0 radical (unpaired) electrons. The van der Waals surface area contributed by atoms with E-state index < -0.39 is 0 Å². The van der Waals surface area contributed by atoms with Crippen LogP contribution in [-0.4, -0.2) is 44.0 Å². The lowest BCUT2D eigenvalue weighted by atomic mass is 9.88. The number of carbonyl (C=O) groups excluding carboxylic acids is 2. The van der Waals surface area contributed by atoms with Crippen molar-refractivity contribution in [3.63, 3.8) is 0 Å². The minimum Gasteiger partial charge on any atom is -0.469 e. The third kappa shape index (κ3) is 6.00. The lowest BCUT2D eigenvalue weighted by Crippen LogP contribution is -2.29. The van der Waals surface area contributed by atoms with Gasteiger partial charge in [0.05, 0.1) is 7.11 Å². The molecule has 39 heavy (non-hydrogen) atoms. The fraction of sp³-hybridized carbons (Fsp3) is 0.333. The van der Waals surface area contributed by atoms with Crippen LogP contribution in [0.1, 0.15) is 65.2 Å². The van der Waals surface area contributed by atoms with Crippen molar-refractivity contribution in [1.82, 2.24) is 4.90 Å². The van der Waals surface area contributed by atoms with Crippen molar-refractivity contribution < 1.29 is 19.1 Å². The molecule has 1 aliphatic heterocycles. The molecule has 0 fully saturated rings. The Hall–Kier alpha value is -4.06. The molecule has 204 valence electrons. The molecule has 0 saturated carbocycles. The summed E-state index contributed by atoms with van der Waals surface area (Å²) in [5.74, 6) is 1.26. The van der Waals surface area contributed by atoms with Crippen LogP contribution in [0.15, 0.2) is 48.5 Å². The highest BCUT2D eigenvalue weighted by atomic mass is 16.5. The Labute approximate surface area is 230 Å². The minimum atomic E-state index is -0.198. The number of carbonyl (C=O) groups is 2. The van der Waals surface area contributed by atoms with Gasteiger partial charge in [0.15, 0.2) is 0 Å². The number of fused-ring (bicyclic) bond motifs is 2. The van der Waals surface area contributed by atoms with Crippen molar-refractivity contribution >= 4 is 29.7 Å². The molecule has 1 heterocycles. The summed E-state index contributed by atoms with van der Waals surface area (Å²) in [4.78, 5) is 26.9. The maximum Gasteiger partial charge on any atom is 0.305 e. The Kier molecular flexibility index (Phi) is 8.75. The Morgan fingerprint density at radius 2 is 1.74 bits per heavy atom. The molecule has 6 heteroatoms. The van der Waals surface area contributed by atoms with Crippen LogP contribution in [0.4, 0.5) is 5.69 Å². The summed E-state index contributed by atoms with van der Waals surface area (Å²) in [5.41, 5.74) is 6.66. The van der Waals surface area contributed by atoms with Crippen LogP contribution < -0.4 is 20.5 Å². The lowest BCUT2D eigenvalue weighted by Gasteiger charge is -2.25. The van der Waals surface area contributed by atoms with Gasteiger partial charge in [0.25, 0.3) is 5.91 Å². The first-order chi connectivity index (χ1) is 18.7. The van der Waals surface area contributed by atoms with Gasteiger partial charge in [0.1, 0.15) is 11.5 Å². The number of ether oxygens (including phenoxy) is 2. The number of methoxy groups -OCH3 is 1. The SMILES string of the molecule is C=c1cc2c(cc1C)=C(c1ccccc1C(=O)N(C)CCCCCC(=O)OC)c1cc(C)c(NCC)cc1O2. The standard InChI is InChI=1S/C33H38N2O4/c1-7-34-28-20-30-27(18-23(28)4)32(26-17-21(2)22(3)19-29(26)39-30)24-13-10-11-14-25(24)33(37)35(5)16-12-8-9-15-31(36)38-6/h10-11,13-14,17-20,34H,3,7-9,12,15-16H2,1-2,4-6H3. The summed E-state index contributed by atoms with van der Waals surface area (Å²) in [6, 6.07) is 16.1. The molecule has 0 aliphatic carbocycles. The van der Waals surface area contributed by atoms with E-state index in [1.807, 2.05) is 50.4 Å². The first-order valence-corrected chi connectivity index (χ1v) is 13.6. The fourth-order valence-corrected chi connectivity index (χ4v) is 5.00. The maximum absolute atomic E-state index is 13.8. The van der Waals surface area contributed by atoms with Crippen molar-refractivity contribution in [2.45, 2.75) is 46.5 Å². The number of amides is 1. The van der Waals surface area contributed by atoms with Gasteiger partial charge >= 0.3 is 5.97 Å². The van der Waals surface area contributed by atoms with E-state index in [1.54, 1.807) is 4.90 Å². The molecule has 0 aromatic heterocycles. The van der Waals surface area contributed by atoms with Crippen LogP contribution in [0.25, 0.3) is 12.2 Å². The highest BCUT2D eigenvalue weighted by Gasteiger charge is 2.26. The maximum atomic E-state index is 13.8. The monoisotopic (exact) mass is 526 g/mol. The number of hydrogen-bond donors (Lipinski definition) is 1. The van der Waals surface area contributed by atoms with Gasteiger partial charge in [-0.1, -0.05) is 31.2 Å². The molecule has 0 atom stereocenters. The molecule has 3 aromatic rings. The molecule has 6 nitrogen and oxygen atoms in total. The van der Waals surface area contributed by atoms with Gasteiger partial charge in [-0.2, -0.15) is 0 Å². The van der Waals surface area contributed by atoms with Crippen LogP contribution in [-0.2, 0) is 9.53 Å². The quantitative estimate of drug-likeness (QED) is 0.224. The summed E-state index contributed by atoms with van der Waals surface area (Å²) >= 11 is 0. The van der Waals surface area contributed by atoms with Gasteiger partial charge < -0.3 is 19.7 Å². The van der Waals surface area contributed by atoms with Gasteiger partial charge in [-0.15, -0.1) is 0 Å².